The van der Waals surface area contributed by atoms with E-state index in [9.17, 15) is 14.4 Å². The maximum absolute atomic E-state index is 13.1. The number of piperidine rings is 2. The molecule has 33 heavy (non-hydrogen) atoms. The lowest BCUT2D eigenvalue weighted by atomic mass is 9.89. The monoisotopic (exact) mass is 455 g/mol. The summed E-state index contributed by atoms with van der Waals surface area (Å²) in [7, 11) is 3.77. The number of aryl methyl sites for hydroxylation is 1. The maximum atomic E-state index is 13.1. The lowest BCUT2D eigenvalue weighted by Gasteiger charge is -2.40. The molecule has 1 aliphatic carbocycles. The van der Waals surface area contributed by atoms with Crippen LogP contribution in [0, 0.1) is 0 Å². The number of fused-ring (bicyclic) bond motifs is 1. The third kappa shape index (κ3) is 4.25. The molecule has 1 aromatic carbocycles. The van der Waals surface area contributed by atoms with Crippen LogP contribution in [-0.2, 0) is 27.9 Å². The maximum Gasteiger partial charge on any atom is 0.329 e. The SMILES string of the molecule is CN[C@H]1C[C@H](OC2CCN(Cc3cccc4c3n(C)c(=O)n4C3CCC(=O)NC3=O)CC2)C1. The predicted octanol–water partition coefficient (Wildman–Crippen LogP) is 1.05. The number of likely N-dealkylation sites (tertiary alicyclic amines) is 1. The Balaban J connectivity index is 1.29. The molecule has 3 heterocycles. The number of hydrogen-bond donors (Lipinski definition) is 2. The van der Waals surface area contributed by atoms with Gasteiger partial charge in [-0.2, -0.15) is 0 Å². The quantitative estimate of drug-likeness (QED) is 0.632. The van der Waals surface area contributed by atoms with Crippen LogP contribution in [0.5, 0.6) is 0 Å². The molecular formula is C24H33N5O4. The van der Waals surface area contributed by atoms with E-state index in [4.69, 9.17) is 4.74 Å². The first kappa shape index (κ1) is 22.3. The molecule has 3 fully saturated rings. The smallest absolute Gasteiger partial charge is 0.329 e. The summed E-state index contributed by atoms with van der Waals surface area (Å²) in [5, 5.41) is 5.67. The highest BCUT2D eigenvalue weighted by atomic mass is 16.5. The van der Waals surface area contributed by atoms with E-state index in [1.54, 1.807) is 16.2 Å². The van der Waals surface area contributed by atoms with Crippen molar-refractivity contribution in [2.24, 2.45) is 7.05 Å². The number of imidazole rings is 1. The summed E-state index contributed by atoms with van der Waals surface area (Å²) in [5.74, 6) is -0.683. The van der Waals surface area contributed by atoms with Crippen molar-refractivity contribution in [1.29, 1.82) is 0 Å². The van der Waals surface area contributed by atoms with E-state index in [1.165, 1.54) is 0 Å². The van der Waals surface area contributed by atoms with E-state index < -0.39 is 11.9 Å². The Kier molecular flexibility index (Phi) is 6.11. The van der Waals surface area contributed by atoms with E-state index in [1.807, 2.05) is 19.2 Å². The minimum absolute atomic E-state index is 0.223. The Labute approximate surface area is 193 Å². The Morgan fingerprint density at radius 3 is 2.55 bits per heavy atom. The van der Waals surface area contributed by atoms with Gasteiger partial charge >= 0.3 is 5.69 Å². The summed E-state index contributed by atoms with van der Waals surface area (Å²) in [4.78, 5) is 39.6. The second-order valence-corrected chi connectivity index (χ2v) is 9.65. The van der Waals surface area contributed by atoms with Crippen LogP contribution in [-0.4, -0.2) is 64.2 Å². The molecule has 2 saturated heterocycles. The van der Waals surface area contributed by atoms with Crippen LogP contribution in [0.1, 0.15) is 50.1 Å². The highest BCUT2D eigenvalue weighted by Gasteiger charge is 2.33. The van der Waals surface area contributed by atoms with Crippen molar-refractivity contribution >= 4 is 22.8 Å². The van der Waals surface area contributed by atoms with Crippen molar-refractivity contribution in [3.63, 3.8) is 0 Å². The molecule has 5 rings (SSSR count). The minimum Gasteiger partial charge on any atom is -0.375 e. The third-order valence-corrected chi connectivity index (χ3v) is 7.52. The highest BCUT2D eigenvalue weighted by molar-refractivity contribution is 6.00. The first-order valence-electron chi connectivity index (χ1n) is 12.0. The summed E-state index contributed by atoms with van der Waals surface area (Å²) >= 11 is 0. The fraction of sp³-hybridized carbons (Fsp3) is 0.625. The zero-order valence-corrected chi connectivity index (χ0v) is 19.4. The number of imide groups is 1. The van der Waals surface area contributed by atoms with E-state index in [0.29, 0.717) is 24.7 Å². The van der Waals surface area contributed by atoms with Crippen molar-refractivity contribution in [3.8, 4) is 0 Å². The van der Waals surface area contributed by atoms with Crippen LogP contribution in [0.25, 0.3) is 11.0 Å². The fourth-order valence-corrected chi connectivity index (χ4v) is 5.51. The van der Waals surface area contributed by atoms with Crippen LogP contribution in [0.4, 0.5) is 0 Å². The molecule has 0 bridgehead atoms. The number of nitrogens with zero attached hydrogens (tertiary/aromatic N) is 3. The number of nitrogens with one attached hydrogen (secondary N) is 2. The van der Waals surface area contributed by atoms with E-state index in [0.717, 1.165) is 61.9 Å². The summed E-state index contributed by atoms with van der Waals surface area (Å²) in [6.07, 6.45) is 5.57. The molecule has 1 aromatic heterocycles. The molecule has 0 radical (unpaired) electrons. The standard InChI is InChI=1S/C24H33N5O4/c1-25-16-12-18(13-16)33-17-8-10-28(11-9-17)14-15-4-3-5-19-22(15)27(2)24(32)29(19)20-6-7-21(30)26-23(20)31/h3-5,16-18,20,25H,6-14H2,1-2H3,(H,26,30,31)/t16-,18-,20?. The van der Waals surface area contributed by atoms with Crippen molar-refractivity contribution in [2.75, 3.05) is 20.1 Å². The average Bonchev–Trinajstić information content (AvgIpc) is 3.03. The Morgan fingerprint density at radius 2 is 1.85 bits per heavy atom. The number of carbonyl (C=O) groups is 2. The number of carbonyl (C=O) groups excluding carboxylic acids is 2. The summed E-state index contributed by atoms with van der Waals surface area (Å²) < 4.78 is 9.47. The van der Waals surface area contributed by atoms with Crippen molar-refractivity contribution in [2.45, 2.75) is 69.4 Å². The normalized spacial score (nSPS) is 27.0. The zero-order valence-electron chi connectivity index (χ0n) is 19.4. The van der Waals surface area contributed by atoms with Crippen molar-refractivity contribution in [1.82, 2.24) is 24.7 Å². The molecule has 178 valence electrons. The van der Waals surface area contributed by atoms with Gasteiger partial charge in [-0.1, -0.05) is 12.1 Å². The average molecular weight is 456 g/mol. The molecule has 2 aromatic rings. The zero-order chi connectivity index (χ0) is 23.1. The first-order valence-corrected chi connectivity index (χ1v) is 12.0. The number of hydrogen-bond acceptors (Lipinski definition) is 6. The van der Waals surface area contributed by atoms with E-state index in [2.05, 4.69) is 21.6 Å². The van der Waals surface area contributed by atoms with Gasteiger partial charge in [-0.15, -0.1) is 0 Å². The van der Waals surface area contributed by atoms with Gasteiger partial charge in [0.2, 0.25) is 11.8 Å². The third-order valence-electron chi connectivity index (χ3n) is 7.52. The van der Waals surface area contributed by atoms with Crippen molar-refractivity contribution in [3.05, 3.63) is 34.2 Å². The molecule has 1 unspecified atom stereocenters. The van der Waals surface area contributed by atoms with Crippen LogP contribution in [0.15, 0.2) is 23.0 Å². The van der Waals surface area contributed by atoms with Gasteiger partial charge in [0.25, 0.3) is 0 Å². The van der Waals surface area contributed by atoms with Gasteiger partial charge in [0.05, 0.1) is 23.2 Å². The molecular weight excluding hydrogens is 422 g/mol. The number of benzene rings is 1. The van der Waals surface area contributed by atoms with Gasteiger partial charge in [0, 0.05) is 39.1 Å². The fourth-order valence-electron chi connectivity index (χ4n) is 5.51. The minimum atomic E-state index is -0.656. The summed E-state index contributed by atoms with van der Waals surface area (Å²) in [5.41, 5.74) is 2.46. The number of ether oxygens (including phenoxy) is 1. The Morgan fingerprint density at radius 1 is 1.09 bits per heavy atom. The molecule has 3 aliphatic rings. The lowest BCUT2D eigenvalue weighted by molar-refractivity contribution is -0.135. The Hall–Kier alpha value is -2.49. The second-order valence-electron chi connectivity index (χ2n) is 9.65. The number of aromatic nitrogens is 2. The topological polar surface area (TPSA) is 97.6 Å². The second kappa shape index (κ2) is 9.04. The van der Waals surface area contributed by atoms with Crippen LogP contribution in [0.3, 0.4) is 0 Å². The molecule has 2 N–H and O–H groups in total. The first-order chi connectivity index (χ1) is 15.9. The number of para-hydroxylation sites is 1. The largest absolute Gasteiger partial charge is 0.375 e. The highest BCUT2D eigenvalue weighted by Crippen LogP contribution is 2.29. The van der Waals surface area contributed by atoms with Gasteiger partial charge in [0.15, 0.2) is 0 Å². The van der Waals surface area contributed by atoms with Gasteiger partial charge in [-0.05, 0) is 50.8 Å². The van der Waals surface area contributed by atoms with E-state index in [-0.39, 0.29) is 18.0 Å². The van der Waals surface area contributed by atoms with Crippen LogP contribution < -0.4 is 16.3 Å². The molecule has 0 spiro atoms. The lowest BCUT2D eigenvalue weighted by Crippen LogP contribution is -2.46. The molecule has 9 heteroatoms. The van der Waals surface area contributed by atoms with Gasteiger partial charge in [-0.3, -0.25) is 28.9 Å². The molecule has 1 atom stereocenters. The molecule has 2 aliphatic heterocycles. The van der Waals surface area contributed by atoms with Gasteiger partial charge < -0.3 is 10.1 Å². The summed E-state index contributed by atoms with van der Waals surface area (Å²) in [6.45, 7) is 2.68. The number of amides is 2. The van der Waals surface area contributed by atoms with Gasteiger partial charge in [-0.25, -0.2) is 4.79 Å². The number of rotatable bonds is 6. The van der Waals surface area contributed by atoms with Crippen LogP contribution >= 0.6 is 0 Å². The Bertz CT molecular complexity index is 1110. The van der Waals surface area contributed by atoms with Gasteiger partial charge in [0.1, 0.15) is 6.04 Å². The molecule has 9 nitrogen and oxygen atoms in total. The van der Waals surface area contributed by atoms with Crippen LogP contribution in [0.2, 0.25) is 0 Å². The predicted molar refractivity (Wildman–Crippen MR) is 124 cm³/mol. The molecule has 1 saturated carbocycles. The molecule has 2 amide bonds. The van der Waals surface area contributed by atoms with Crippen molar-refractivity contribution < 1.29 is 14.3 Å². The summed E-state index contributed by atoms with van der Waals surface area (Å²) in [6, 6.07) is 5.85. The van der Waals surface area contributed by atoms with E-state index >= 15 is 0 Å².